The lowest BCUT2D eigenvalue weighted by molar-refractivity contribution is -0.135. The number of hydrazone groups is 2. The second-order valence-corrected chi connectivity index (χ2v) is 12.9. The summed E-state index contributed by atoms with van der Waals surface area (Å²) in [6.07, 6.45) is 7.13. The van der Waals surface area contributed by atoms with E-state index in [1.165, 1.54) is 62.4 Å². The van der Waals surface area contributed by atoms with E-state index < -0.39 is 64.7 Å². The number of Topliss-reactive ketones (excluding diaryl/α,β-unsaturated/α-hetero) is 2. The van der Waals surface area contributed by atoms with Gasteiger partial charge in [0.15, 0.2) is 11.6 Å². The molecule has 2 aliphatic carbocycles. The van der Waals surface area contributed by atoms with Crippen LogP contribution in [-0.2, 0) is 39.4 Å². The Morgan fingerprint density at radius 2 is 1.21 bits per heavy atom. The van der Waals surface area contributed by atoms with Crippen molar-refractivity contribution in [3.63, 3.8) is 0 Å². The molecule has 0 fully saturated rings. The standard InChI is InChI=1S/C30H24N4O12S2/c1-15-9-20(12-22(27(15)35)29(37)38)32-31-19-7-6-18(25(14-19)47(41,42)43)5-3-17-4-8-24(26(11-17)48(44,45)46)34-33-21-10-16(2)28(36)23(13-21)30(39)40/h3-14,31,34H,1-2H3,(H,37,38)(H,39,40)(H,41,42,43)(H,44,45,46)/b5-3+,32-20+,33-21-. The van der Waals surface area contributed by atoms with Gasteiger partial charge in [0.2, 0.25) is 0 Å². The van der Waals surface area contributed by atoms with Gasteiger partial charge < -0.3 is 10.2 Å². The lowest BCUT2D eigenvalue weighted by Crippen LogP contribution is -2.19. The minimum Gasteiger partial charge on any atom is -0.478 e. The minimum absolute atomic E-state index is 0.0151. The monoisotopic (exact) mass is 696 g/mol. The van der Waals surface area contributed by atoms with Crippen molar-refractivity contribution >= 4 is 78.7 Å². The molecule has 0 saturated carbocycles. The number of nitrogens with zero attached hydrogens (tertiary/aromatic N) is 2. The molecule has 2 aromatic rings. The van der Waals surface area contributed by atoms with Crippen molar-refractivity contribution in [2.75, 3.05) is 10.9 Å². The zero-order valence-electron chi connectivity index (χ0n) is 24.7. The molecule has 0 bridgehead atoms. The third kappa shape index (κ3) is 8.12. The van der Waals surface area contributed by atoms with Crippen LogP contribution >= 0.6 is 0 Å². The molecule has 0 amide bonds. The Balaban J connectivity index is 1.63. The molecule has 0 spiro atoms. The van der Waals surface area contributed by atoms with Crippen molar-refractivity contribution in [1.82, 2.24) is 0 Å². The minimum atomic E-state index is -4.86. The van der Waals surface area contributed by atoms with Crippen LogP contribution in [0.15, 0.2) is 103 Å². The number of ketones is 2. The van der Waals surface area contributed by atoms with Crippen molar-refractivity contribution in [1.29, 1.82) is 0 Å². The Hall–Kier alpha value is -5.82. The molecule has 4 rings (SSSR count). The van der Waals surface area contributed by atoms with Gasteiger partial charge in [-0.25, -0.2) is 9.59 Å². The number of carboxylic acid groups (broad SMARTS) is 2. The quantitative estimate of drug-likeness (QED) is 0.0686. The predicted octanol–water partition coefficient (Wildman–Crippen LogP) is 2.97. The molecule has 18 heteroatoms. The number of benzene rings is 2. The van der Waals surface area contributed by atoms with E-state index in [9.17, 15) is 55.3 Å². The molecule has 0 radical (unpaired) electrons. The van der Waals surface area contributed by atoms with E-state index in [0.717, 1.165) is 24.3 Å². The van der Waals surface area contributed by atoms with E-state index in [2.05, 4.69) is 21.1 Å². The molecular weight excluding hydrogens is 672 g/mol. The fourth-order valence-electron chi connectivity index (χ4n) is 4.31. The van der Waals surface area contributed by atoms with Gasteiger partial charge in [-0.3, -0.25) is 29.5 Å². The van der Waals surface area contributed by atoms with Crippen molar-refractivity contribution in [2.45, 2.75) is 23.6 Å². The van der Waals surface area contributed by atoms with Crippen LogP contribution in [0.5, 0.6) is 0 Å². The lowest BCUT2D eigenvalue weighted by Gasteiger charge is -2.11. The van der Waals surface area contributed by atoms with Crippen molar-refractivity contribution in [3.05, 3.63) is 94.1 Å². The summed E-state index contributed by atoms with van der Waals surface area (Å²) in [4.78, 5) is 45.5. The van der Waals surface area contributed by atoms with E-state index >= 15 is 0 Å². The maximum Gasteiger partial charge on any atom is 0.339 e. The van der Waals surface area contributed by atoms with Crippen LogP contribution in [0.4, 0.5) is 11.4 Å². The largest absolute Gasteiger partial charge is 0.478 e. The lowest BCUT2D eigenvalue weighted by atomic mass is 9.97. The SMILES string of the molecule is CC1=C/C(=N/Nc2ccc(/C=C/c3ccc(N/N=C4\C=C(C)C(=O)C(C(=O)O)=C4)cc3S(=O)(=O)O)cc2S(=O)(=O)O)C=C(C(=O)O)C1=O. The van der Waals surface area contributed by atoms with Gasteiger partial charge in [-0.05, 0) is 84.7 Å². The van der Waals surface area contributed by atoms with Gasteiger partial charge in [0.25, 0.3) is 20.2 Å². The number of anilines is 2. The molecule has 6 N–H and O–H groups in total. The number of hydrogen-bond donors (Lipinski definition) is 6. The molecule has 16 nitrogen and oxygen atoms in total. The Morgan fingerprint density at radius 1 is 0.688 bits per heavy atom. The second kappa shape index (κ2) is 13.5. The molecule has 48 heavy (non-hydrogen) atoms. The maximum absolute atomic E-state index is 12.2. The number of allylic oxidation sites excluding steroid dienone is 6. The summed E-state index contributed by atoms with van der Waals surface area (Å²) < 4.78 is 68.4. The molecule has 0 unspecified atom stereocenters. The predicted molar refractivity (Wildman–Crippen MR) is 173 cm³/mol. The highest BCUT2D eigenvalue weighted by Crippen LogP contribution is 2.27. The second-order valence-electron chi connectivity index (χ2n) is 10.1. The van der Waals surface area contributed by atoms with Crippen molar-refractivity contribution in [2.24, 2.45) is 10.2 Å². The normalized spacial score (nSPS) is 17.2. The van der Waals surface area contributed by atoms with Crippen LogP contribution in [0, 0.1) is 0 Å². The summed E-state index contributed by atoms with van der Waals surface area (Å²) in [6, 6.07) is 7.31. The topological polar surface area (TPSA) is 266 Å². The third-order valence-electron chi connectivity index (χ3n) is 6.63. The highest BCUT2D eigenvalue weighted by atomic mass is 32.2. The fourth-order valence-corrected chi connectivity index (χ4v) is 5.70. The van der Waals surface area contributed by atoms with Crippen LogP contribution < -0.4 is 10.9 Å². The number of rotatable bonds is 10. The number of carbonyl (C=O) groups excluding carboxylic acids is 2. The molecule has 0 heterocycles. The molecule has 2 aromatic carbocycles. The summed E-state index contributed by atoms with van der Waals surface area (Å²) in [5, 5.41) is 26.4. The van der Waals surface area contributed by atoms with Gasteiger partial charge in [-0.15, -0.1) is 0 Å². The molecule has 0 saturated heterocycles. The zero-order valence-corrected chi connectivity index (χ0v) is 26.3. The smallest absolute Gasteiger partial charge is 0.339 e. The van der Waals surface area contributed by atoms with Crippen molar-refractivity contribution in [3.8, 4) is 0 Å². The molecule has 248 valence electrons. The summed E-state index contributed by atoms with van der Waals surface area (Å²) in [7, 11) is -9.69. The van der Waals surface area contributed by atoms with Crippen LogP contribution in [0.1, 0.15) is 25.0 Å². The van der Waals surface area contributed by atoms with Crippen LogP contribution in [0.25, 0.3) is 12.2 Å². The molecular formula is C30H24N4O12S2. The Labute approximate surface area is 272 Å². The number of carboxylic acids is 2. The molecule has 0 aromatic heterocycles. The van der Waals surface area contributed by atoms with E-state index in [4.69, 9.17) is 0 Å². The number of nitrogens with one attached hydrogen (secondary N) is 2. The molecule has 0 atom stereocenters. The first-order valence-corrected chi connectivity index (χ1v) is 16.2. The van der Waals surface area contributed by atoms with Crippen molar-refractivity contribution < 1.29 is 55.3 Å². The number of aliphatic carboxylic acids is 2. The highest BCUT2D eigenvalue weighted by molar-refractivity contribution is 7.86. The van der Waals surface area contributed by atoms with E-state index in [-0.39, 0.29) is 45.1 Å². The van der Waals surface area contributed by atoms with Crippen LogP contribution in [0.3, 0.4) is 0 Å². The van der Waals surface area contributed by atoms with Crippen LogP contribution in [0.2, 0.25) is 0 Å². The fraction of sp³-hybridized carbons (Fsp3) is 0.0667. The average Bonchev–Trinajstić information content (AvgIpc) is 3.00. The number of carbonyl (C=O) groups is 4. The highest BCUT2D eigenvalue weighted by Gasteiger charge is 2.25. The first-order valence-electron chi connectivity index (χ1n) is 13.3. The van der Waals surface area contributed by atoms with Gasteiger partial charge in [0.05, 0.1) is 22.8 Å². The van der Waals surface area contributed by atoms with Gasteiger partial charge in [-0.2, -0.15) is 27.0 Å². The first kappa shape index (κ1) is 35.0. The summed E-state index contributed by atoms with van der Waals surface area (Å²) in [5.41, 5.74) is 4.08. The third-order valence-corrected chi connectivity index (χ3v) is 8.43. The average molecular weight is 697 g/mol. The Morgan fingerprint density at radius 3 is 1.71 bits per heavy atom. The van der Waals surface area contributed by atoms with Gasteiger partial charge in [-0.1, -0.05) is 24.3 Å². The van der Waals surface area contributed by atoms with E-state index in [1.54, 1.807) is 0 Å². The van der Waals surface area contributed by atoms with Gasteiger partial charge in [0, 0.05) is 0 Å². The maximum atomic E-state index is 12.2. The van der Waals surface area contributed by atoms with Crippen LogP contribution in [-0.4, -0.2) is 71.1 Å². The first-order chi connectivity index (χ1) is 22.3. The van der Waals surface area contributed by atoms with E-state index in [1.807, 2.05) is 0 Å². The Bertz CT molecular complexity index is 2240. The van der Waals surface area contributed by atoms with Gasteiger partial charge >= 0.3 is 11.9 Å². The zero-order chi connectivity index (χ0) is 35.6. The summed E-state index contributed by atoms with van der Waals surface area (Å²) >= 11 is 0. The summed E-state index contributed by atoms with van der Waals surface area (Å²) in [6.45, 7) is 2.78. The Kier molecular flexibility index (Phi) is 9.85. The summed E-state index contributed by atoms with van der Waals surface area (Å²) in [5.74, 6) is -4.33. The molecule has 2 aliphatic rings. The molecule has 0 aliphatic heterocycles. The van der Waals surface area contributed by atoms with Gasteiger partial charge in [0.1, 0.15) is 20.9 Å². The number of hydrogen-bond acceptors (Lipinski definition) is 12. The van der Waals surface area contributed by atoms with E-state index in [0.29, 0.717) is 0 Å².